The molecule has 0 spiro atoms. The summed E-state index contributed by atoms with van der Waals surface area (Å²) in [6.45, 7) is 1.60. The van der Waals surface area contributed by atoms with Crippen LogP contribution in [0.2, 0.25) is 0 Å². The van der Waals surface area contributed by atoms with Gasteiger partial charge in [-0.05, 0) is 17.7 Å². The van der Waals surface area contributed by atoms with Gasteiger partial charge >= 0.3 is 0 Å². The summed E-state index contributed by atoms with van der Waals surface area (Å²) in [5, 5.41) is 11.1. The molecule has 0 bridgehead atoms. The van der Waals surface area contributed by atoms with E-state index in [1.165, 1.54) is 19.1 Å². The molecule has 0 aromatic heterocycles. The van der Waals surface area contributed by atoms with E-state index in [1.54, 1.807) is 6.07 Å². The summed E-state index contributed by atoms with van der Waals surface area (Å²) < 4.78 is 13.0. The van der Waals surface area contributed by atoms with E-state index in [-0.39, 0.29) is 18.9 Å². The van der Waals surface area contributed by atoms with Crippen molar-refractivity contribution in [3.63, 3.8) is 0 Å². The molecule has 1 aromatic rings. The Hall–Kier alpha value is -2.33. The maximum Gasteiger partial charge on any atom is 0.217 e. The lowest BCUT2D eigenvalue weighted by atomic mass is 10.1. The highest BCUT2D eigenvalue weighted by Crippen LogP contribution is 2.10. The Morgan fingerprint density at radius 2 is 2.29 bits per heavy atom. The second-order valence-corrected chi connectivity index (χ2v) is 3.35. The third-order valence-electron chi connectivity index (χ3n) is 1.99. The van der Waals surface area contributed by atoms with Crippen LogP contribution in [0.1, 0.15) is 18.1 Å². The summed E-state index contributed by atoms with van der Waals surface area (Å²) >= 11 is 0. The summed E-state index contributed by atoms with van der Waals surface area (Å²) in [5.41, 5.74) is 1.17. The highest BCUT2D eigenvalue weighted by atomic mass is 19.1. The normalized spacial score (nSPS) is 8.76. The maximum absolute atomic E-state index is 13.0. The summed E-state index contributed by atoms with van der Waals surface area (Å²) in [6.07, 6.45) is 0.185. The highest BCUT2D eigenvalue weighted by molar-refractivity contribution is 5.73. The molecule has 0 unspecified atom stereocenters. The largest absolute Gasteiger partial charge is 0.345 e. The molecule has 17 heavy (non-hydrogen) atoms. The Bertz CT molecular complexity index is 520. The Kier molecular flexibility index (Phi) is 4.72. The van der Waals surface area contributed by atoms with E-state index < -0.39 is 5.82 Å². The Labute approximate surface area is 99.3 Å². The van der Waals surface area contributed by atoms with Crippen LogP contribution in [0.25, 0.3) is 0 Å². The van der Waals surface area contributed by atoms with E-state index in [0.717, 1.165) is 0 Å². The van der Waals surface area contributed by atoms with E-state index in [0.29, 0.717) is 11.1 Å². The fraction of sp³-hybridized carbons (Fsp3) is 0.231. The first kappa shape index (κ1) is 12.7. The van der Waals surface area contributed by atoms with Gasteiger partial charge in [0, 0.05) is 12.5 Å². The number of nitriles is 1. The minimum Gasteiger partial charge on any atom is -0.345 e. The number of hydrogen-bond donors (Lipinski definition) is 1. The van der Waals surface area contributed by atoms with Gasteiger partial charge in [-0.1, -0.05) is 17.9 Å². The van der Waals surface area contributed by atoms with E-state index in [2.05, 4.69) is 17.2 Å². The number of rotatable bonds is 2. The van der Waals surface area contributed by atoms with Crippen molar-refractivity contribution in [1.82, 2.24) is 5.32 Å². The van der Waals surface area contributed by atoms with Gasteiger partial charge in [-0.25, -0.2) is 4.39 Å². The lowest BCUT2D eigenvalue weighted by Gasteiger charge is -1.99. The zero-order valence-corrected chi connectivity index (χ0v) is 9.38. The molecular weight excluding hydrogens is 219 g/mol. The van der Waals surface area contributed by atoms with Gasteiger partial charge in [0.05, 0.1) is 19.0 Å². The van der Waals surface area contributed by atoms with Crippen molar-refractivity contribution in [1.29, 1.82) is 5.26 Å². The first-order valence-corrected chi connectivity index (χ1v) is 5.02. The predicted octanol–water partition coefficient (Wildman–Crippen LogP) is 1.38. The van der Waals surface area contributed by atoms with Crippen LogP contribution in [0.3, 0.4) is 0 Å². The van der Waals surface area contributed by atoms with Gasteiger partial charge in [-0.2, -0.15) is 5.26 Å². The standard InChI is InChI=1S/C13H11FN2O/c1-10(17)16-8-2-3-12-9-13(14)5-4-11(12)6-7-15/h4-5,9H,6,8H2,1H3,(H,16,17). The second kappa shape index (κ2) is 6.30. The van der Waals surface area contributed by atoms with E-state index in [9.17, 15) is 9.18 Å². The molecule has 1 rings (SSSR count). The highest BCUT2D eigenvalue weighted by Gasteiger charge is 2.01. The van der Waals surface area contributed by atoms with Crippen molar-refractivity contribution in [2.45, 2.75) is 13.3 Å². The Morgan fingerprint density at radius 1 is 1.53 bits per heavy atom. The quantitative estimate of drug-likeness (QED) is 0.780. The topological polar surface area (TPSA) is 52.9 Å². The number of benzene rings is 1. The van der Waals surface area contributed by atoms with Crippen LogP contribution < -0.4 is 5.32 Å². The molecule has 0 fully saturated rings. The molecule has 0 heterocycles. The second-order valence-electron chi connectivity index (χ2n) is 3.35. The molecule has 0 radical (unpaired) electrons. The van der Waals surface area contributed by atoms with Crippen molar-refractivity contribution in [2.75, 3.05) is 6.54 Å². The van der Waals surface area contributed by atoms with Crippen molar-refractivity contribution in [3.05, 3.63) is 35.1 Å². The average Bonchev–Trinajstić information content (AvgIpc) is 2.28. The minimum absolute atomic E-state index is 0.171. The average molecular weight is 230 g/mol. The number of carbonyl (C=O) groups is 1. The molecule has 1 amide bonds. The fourth-order valence-electron chi connectivity index (χ4n) is 1.21. The fourth-order valence-corrected chi connectivity index (χ4v) is 1.21. The zero-order chi connectivity index (χ0) is 12.7. The van der Waals surface area contributed by atoms with Gasteiger partial charge < -0.3 is 5.32 Å². The minimum atomic E-state index is -0.393. The van der Waals surface area contributed by atoms with Crippen LogP contribution in [0.15, 0.2) is 18.2 Å². The van der Waals surface area contributed by atoms with Crippen LogP contribution in [-0.4, -0.2) is 12.5 Å². The lowest BCUT2D eigenvalue weighted by Crippen LogP contribution is -2.19. The summed E-state index contributed by atoms with van der Waals surface area (Å²) in [4.78, 5) is 10.6. The SMILES string of the molecule is CC(=O)NCC#Cc1cc(F)ccc1CC#N. The molecule has 0 saturated heterocycles. The number of halogens is 1. The van der Waals surface area contributed by atoms with Gasteiger partial charge in [0.15, 0.2) is 0 Å². The molecule has 1 aromatic carbocycles. The Morgan fingerprint density at radius 3 is 2.94 bits per heavy atom. The van der Waals surface area contributed by atoms with Crippen LogP contribution in [0, 0.1) is 29.0 Å². The van der Waals surface area contributed by atoms with Gasteiger partial charge in [-0.3, -0.25) is 4.79 Å². The van der Waals surface area contributed by atoms with Crippen molar-refractivity contribution >= 4 is 5.91 Å². The Balaban J connectivity index is 2.84. The summed E-state index contributed by atoms with van der Waals surface area (Å²) in [6, 6.07) is 6.12. The van der Waals surface area contributed by atoms with Crippen LogP contribution >= 0.6 is 0 Å². The summed E-state index contributed by atoms with van der Waals surface area (Å²) in [5.74, 6) is 4.88. The number of carbonyl (C=O) groups excluding carboxylic acids is 1. The monoisotopic (exact) mass is 230 g/mol. The van der Waals surface area contributed by atoms with Crippen LogP contribution in [0.5, 0.6) is 0 Å². The lowest BCUT2D eigenvalue weighted by molar-refractivity contribution is -0.118. The first-order valence-electron chi connectivity index (χ1n) is 5.02. The third-order valence-corrected chi connectivity index (χ3v) is 1.99. The van der Waals surface area contributed by atoms with Crippen molar-refractivity contribution in [3.8, 4) is 17.9 Å². The van der Waals surface area contributed by atoms with Crippen molar-refractivity contribution < 1.29 is 9.18 Å². The van der Waals surface area contributed by atoms with E-state index in [1.807, 2.05) is 6.07 Å². The molecule has 1 N–H and O–H groups in total. The zero-order valence-electron chi connectivity index (χ0n) is 9.38. The van der Waals surface area contributed by atoms with E-state index in [4.69, 9.17) is 5.26 Å². The molecule has 0 atom stereocenters. The van der Waals surface area contributed by atoms with Crippen LogP contribution in [-0.2, 0) is 11.2 Å². The maximum atomic E-state index is 13.0. The molecule has 0 aliphatic heterocycles. The molecule has 0 aliphatic rings. The number of hydrogen-bond acceptors (Lipinski definition) is 2. The molecule has 4 heteroatoms. The number of nitrogens with zero attached hydrogens (tertiary/aromatic N) is 1. The van der Waals surface area contributed by atoms with Gasteiger partial charge in [0.1, 0.15) is 5.82 Å². The predicted molar refractivity (Wildman–Crippen MR) is 61.3 cm³/mol. The molecule has 0 aliphatic carbocycles. The third kappa shape index (κ3) is 4.36. The van der Waals surface area contributed by atoms with E-state index >= 15 is 0 Å². The van der Waals surface area contributed by atoms with Gasteiger partial charge in [0.25, 0.3) is 0 Å². The molecule has 0 saturated carbocycles. The van der Waals surface area contributed by atoms with Crippen molar-refractivity contribution in [2.24, 2.45) is 0 Å². The number of amides is 1. The van der Waals surface area contributed by atoms with Crippen LogP contribution in [0.4, 0.5) is 4.39 Å². The first-order chi connectivity index (χ1) is 8.13. The molecule has 86 valence electrons. The number of nitrogens with one attached hydrogen (secondary N) is 1. The molecular formula is C13H11FN2O. The summed E-state index contributed by atoms with van der Waals surface area (Å²) in [7, 11) is 0. The van der Waals surface area contributed by atoms with Gasteiger partial charge in [0.2, 0.25) is 5.91 Å². The van der Waals surface area contributed by atoms with Gasteiger partial charge in [-0.15, -0.1) is 0 Å². The molecule has 3 nitrogen and oxygen atoms in total. The smallest absolute Gasteiger partial charge is 0.217 e.